The van der Waals surface area contributed by atoms with Crippen LogP contribution in [0.15, 0.2) is 29.3 Å². The molecule has 0 saturated carbocycles. The summed E-state index contributed by atoms with van der Waals surface area (Å²) >= 11 is 2.80. The van der Waals surface area contributed by atoms with Crippen molar-refractivity contribution in [3.8, 4) is 17.0 Å². The van der Waals surface area contributed by atoms with E-state index in [1.807, 2.05) is 31.2 Å². The second-order valence-electron chi connectivity index (χ2n) is 6.17. The smallest absolute Gasteiger partial charge is 0.242 e. The number of carbonyl (C=O) groups is 2. The highest BCUT2D eigenvalue weighted by molar-refractivity contribution is 8.15. The molecule has 1 unspecified atom stereocenters. The number of aromatic nitrogens is 1. The van der Waals surface area contributed by atoms with Crippen molar-refractivity contribution in [2.45, 2.75) is 18.6 Å². The Hall–Kier alpha value is -2.39. The average Bonchev–Trinajstić information content (AvgIpc) is 3.33. The maximum Gasteiger partial charge on any atom is 0.242 e. The second kappa shape index (κ2) is 7.32. The van der Waals surface area contributed by atoms with Gasteiger partial charge in [0.25, 0.3) is 0 Å². The van der Waals surface area contributed by atoms with Gasteiger partial charge in [-0.2, -0.15) is 0 Å². The number of aliphatic imine (C=N–C) groups is 1. The van der Waals surface area contributed by atoms with Crippen LogP contribution >= 0.6 is 23.1 Å². The maximum atomic E-state index is 12.4. The third-order valence-electron chi connectivity index (χ3n) is 4.37. The van der Waals surface area contributed by atoms with E-state index >= 15 is 0 Å². The number of rotatable bonds is 5. The number of nitrogens with one attached hydrogen (secondary N) is 1. The molecule has 4 rings (SSSR count). The van der Waals surface area contributed by atoms with Gasteiger partial charge in [0.15, 0.2) is 10.3 Å². The number of thiazole rings is 1. The summed E-state index contributed by atoms with van der Waals surface area (Å²) in [7, 11) is 1.63. The summed E-state index contributed by atoms with van der Waals surface area (Å²) in [5.74, 6) is 0.544. The predicted octanol–water partition coefficient (Wildman–Crippen LogP) is 2.77. The first-order chi connectivity index (χ1) is 13.0. The lowest BCUT2D eigenvalue weighted by Crippen LogP contribution is -2.32. The van der Waals surface area contributed by atoms with Gasteiger partial charge >= 0.3 is 0 Å². The van der Waals surface area contributed by atoms with E-state index in [2.05, 4.69) is 15.3 Å². The first-order valence-corrected chi connectivity index (χ1v) is 10.2. The molecule has 3 heterocycles. The summed E-state index contributed by atoms with van der Waals surface area (Å²) < 4.78 is 5.18. The number of ether oxygens (including phenoxy) is 1. The van der Waals surface area contributed by atoms with Crippen LogP contribution in [0.4, 0.5) is 5.13 Å². The normalized spacial score (nSPS) is 18.4. The van der Waals surface area contributed by atoms with Gasteiger partial charge in [0.05, 0.1) is 19.3 Å². The number of methoxy groups -OCH3 is 1. The predicted molar refractivity (Wildman–Crippen MR) is 107 cm³/mol. The van der Waals surface area contributed by atoms with Gasteiger partial charge in [-0.05, 0) is 31.2 Å². The summed E-state index contributed by atoms with van der Waals surface area (Å²) in [5.41, 5.74) is 1.80. The Labute approximate surface area is 164 Å². The first-order valence-electron chi connectivity index (χ1n) is 8.49. The lowest BCUT2D eigenvalue weighted by molar-refractivity contribution is -0.127. The Morgan fingerprint density at radius 1 is 1.37 bits per heavy atom. The van der Waals surface area contributed by atoms with Gasteiger partial charge < -0.3 is 10.1 Å². The zero-order valence-electron chi connectivity index (χ0n) is 14.9. The molecule has 0 bridgehead atoms. The lowest BCUT2D eigenvalue weighted by Gasteiger charge is -2.09. The number of carbonyl (C=O) groups excluding carboxylic acids is 2. The zero-order chi connectivity index (χ0) is 19.0. The summed E-state index contributed by atoms with van der Waals surface area (Å²) in [4.78, 5) is 36.2. The lowest BCUT2D eigenvalue weighted by atomic mass is 10.1. The van der Waals surface area contributed by atoms with Crippen LogP contribution in [0.1, 0.15) is 11.3 Å². The number of fused-ring (bicyclic) bond motifs is 1. The number of hydrogen-bond donors (Lipinski definition) is 1. The van der Waals surface area contributed by atoms with Crippen molar-refractivity contribution >= 4 is 45.2 Å². The molecule has 2 amide bonds. The van der Waals surface area contributed by atoms with Crippen molar-refractivity contribution in [2.75, 3.05) is 25.5 Å². The van der Waals surface area contributed by atoms with Gasteiger partial charge in [-0.1, -0.05) is 11.8 Å². The fourth-order valence-corrected chi connectivity index (χ4v) is 5.06. The highest BCUT2D eigenvalue weighted by atomic mass is 32.2. The number of nitrogens with zero attached hydrogens (tertiary/aromatic N) is 3. The van der Waals surface area contributed by atoms with E-state index in [1.165, 1.54) is 23.1 Å². The summed E-state index contributed by atoms with van der Waals surface area (Å²) in [5, 5.41) is 3.71. The number of hydrogen-bond acceptors (Lipinski definition) is 7. The molecule has 0 radical (unpaired) electrons. The van der Waals surface area contributed by atoms with Crippen LogP contribution < -0.4 is 10.1 Å². The van der Waals surface area contributed by atoms with E-state index in [0.29, 0.717) is 18.2 Å². The van der Waals surface area contributed by atoms with Gasteiger partial charge in [0.1, 0.15) is 11.0 Å². The molecule has 1 saturated heterocycles. The van der Waals surface area contributed by atoms with Crippen molar-refractivity contribution in [2.24, 2.45) is 4.99 Å². The monoisotopic (exact) mass is 402 g/mol. The van der Waals surface area contributed by atoms with Crippen molar-refractivity contribution in [1.82, 2.24) is 9.88 Å². The Balaban J connectivity index is 1.42. The Bertz CT molecular complexity index is 923. The molecule has 2 aliphatic heterocycles. The number of aryl methyl sites for hydroxylation is 1. The van der Waals surface area contributed by atoms with E-state index in [0.717, 1.165) is 27.1 Å². The molecule has 1 aromatic heterocycles. The molecule has 2 aromatic rings. The minimum Gasteiger partial charge on any atom is -0.497 e. The average molecular weight is 403 g/mol. The van der Waals surface area contributed by atoms with E-state index in [9.17, 15) is 9.59 Å². The summed E-state index contributed by atoms with van der Waals surface area (Å²) in [6.07, 6.45) is 0.121. The van der Waals surface area contributed by atoms with Gasteiger partial charge in [0.2, 0.25) is 11.8 Å². The topological polar surface area (TPSA) is 83.9 Å². The van der Waals surface area contributed by atoms with Crippen LogP contribution in [-0.4, -0.2) is 52.3 Å². The maximum absolute atomic E-state index is 12.4. The van der Waals surface area contributed by atoms with Crippen LogP contribution in [0.3, 0.4) is 0 Å². The minimum absolute atomic E-state index is 0.0272. The van der Waals surface area contributed by atoms with E-state index in [-0.39, 0.29) is 18.2 Å². The third kappa shape index (κ3) is 3.57. The fraction of sp³-hybridized carbons (Fsp3) is 0.333. The third-order valence-corrected chi connectivity index (χ3v) is 6.47. The highest BCUT2D eigenvalue weighted by Crippen LogP contribution is 2.33. The second-order valence-corrected chi connectivity index (χ2v) is 8.54. The van der Waals surface area contributed by atoms with Crippen LogP contribution in [0, 0.1) is 6.92 Å². The molecule has 1 N–H and O–H groups in total. The standard InChI is InChI=1S/C18H18N4O3S2/c1-10-15(11-3-5-12(25-2)6-4-11)21-17(26-10)20-14(23)9-13-16(24)22-8-7-19-18(22)27-13/h3-6,13H,7-9H2,1-2H3,(H,20,21,23). The van der Waals surface area contributed by atoms with E-state index < -0.39 is 5.25 Å². The molecule has 2 aliphatic rings. The van der Waals surface area contributed by atoms with E-state index in [1.54, 1.807) is 12.0 Å². The Morgan fingerprint density at radius 2 is 2.15 bits per heavy atom. The molecule has 0 spiro atoms. The Kier molecular flexibility index (Phi) is 4.88. The van der Waals surface area contributed by atoms with E-state index in [4.69, 9.17) is 4.74 Å². The molecule has 1 atom stereocenters. The molecule has 7 nitrogen and oxygen atoms in total. The van der Waals surface area contributed by atoms with Crippen LogP contribution in [0.2, 0.25) is 0 Å². The van der Waals surface area contributed by atoms with Gasteiger partial charge in [-0.15, -0.1) is 11.3 Å². The zero-order valence-corrected chi connectivity index (χ0v) is 16.5. The van der Waals surface area contributed by atoms with Gasteiger partial charge in [0, 0.05) is 23.4 Å². The fourth-order valence-electron chi connectivity index (χ4n) is 3.02. The molecule has 0 aliphatic carbocycles. The molecule has 140 valence electrons. The van der Waals surface area contributed by atoms with Crippen molar-refractivity contribution in [1.29, 1.82) is 0 Å². The molecule has 27 heavy (non-hydrogen) atoms. The number of anilines is 1. The minimum atomic E-state index is -0.397. The molecular formula is C18H18N4O3S2. The van der Waals surface area contributed by atoms with Gasteiger partial charge in [-0.3, -0.25) is 19.5 Å². The Morgan fingerprint density at radius 3 is 2.85 bits per heavy atom. The number of amidine groups is 1. The first kappa shape index (κ1) is 18.0. The number of amides is 2. The molecule has 1 aromatic carbocycles. The van der Waals surface area contributed by atoms with Crippen molar-refractivity contribution in [3.63, 3.8) is 0 Å². The van der Waals surface area contributed by atoms with Crippen molar-refractivity contribution < 1.29 is 14.3 Å². The molecular weight excluding hydrogens is 384 g/mol. The molecule has 9 heteroatoms. The SMILES string of the molecule is COc1ccc(-c2nc(NC(=O)CC3SC4=NCCN4C3=O)sc2C)cc1. The highest BCUT2D eigenvalue weighted by Gasteiger charge is 2.40. The quantitative estimate of drug-likeness (QED) is 0.831. The van der Waals surface area contributed by atoms with Crippen LogP contribution in [0.5, 0.6) is 5.75 Å². The van der Waals surface area contributed by atoms with Crippen LogP contribution in [-0.2, 0) is 9.59 Å². The summed E-state index contributed by atoms with van der Waals surface area (Å²) in [6.45, 7) is 3.24. The van der Waals surface area contributed by atoms with Gasteiger partial charge in [-0.25, -0.2) is 4.98 Å². The van der Waals surface area contributed by atoms with Crippen LogP contribution in [0.25, 0.3) is 11.3 Å². The number of benzene rings is 1. The van der Waals surface area contributed by atoms with Crippen molar-refractivity contribution in [3.05, 3.63) is 29.1 Å². The number of thioether (sulfide) groups is 1. The largest absolute Gasteiger partial charge is 0.497 e. The molecule has 1 fully saturated rings. The summed E-state index contributed by atoms with van der Waals surface area (Å²) in [6, 6.07) is 7.64.